The van der Waals surface area contributed by atoms with Crippen LogP contribution in [0.5, 0.6) is 0 Å². The molecule has 0 bridgehead atoms. The number of likely N-dealkylation sites (N-methyl/N-ethyl adjacent to an activating group) is 1. The molecule has 0 saturated heterocycles. The van der Waals surface area contributed by atoms with E-state index < -0.39 is 0 Å². The van der Waals surface area contributed by atoms with Crippen LogP contribution in [0.4, 0.5) is 4.39 Å². The normalized spacial score (nSPS) is 10.9. The lowest BCUT2D eigenvalue weighted by Crippen LogP contribution is -2.25. The number of carbonyl (C=O) groups is 1. The van der Waals surface area contributed by atoms with Gasteiger partial charge >= 0.3 is 0 Å². The zero-order valence-corrected chi connectivity index (χ0v) is 13.0. The molecule has 0 amide bonds. The van der Waals surface area contributed by atoms with E-state index in [1.807, 2.05) is 11.9 Å². The fourth-order valence-electron chi connectivity index (χ4n) is 2.00. The molecule has 0 spiro atoms. The van der Waals surface area contributed by atoms with Crippen LogP contribution in [-0.4, -0.2) is 24.3 Å². The molecule has 0 aliphatic heterocycles. The van der Waals surface area contributed by atoms with Gasteiger partial charge in [-0.25, -0.2) is 4.39 Å². The Morgan fingerprint density at radius 2 is 1.81 bits per heavy atom. The number of benzene rings is 2. The SMILES string of the molecule is CN(CC(=O)c1ccc(Cl)cc1Cl)Cc1ccc(F)cc1. The van der Waals surface area contributed by atoms with Gasteiger partial charge in [-0.3, -0.25) is 9.69 Å². The number of ketones is 1. The molecular weight excluding hydrogens is 312 g/mol. The summed E-state index contributed by atoms with van der Waals surface area (Å²) in [6.07, 6.45) is 0. The summed E-state index contributed by atoms with van der Waals surface area (Å²) in [5.74, 6) is -0.355. The van der Waals surface area contributed by atoms with Crippen molar-refractivity contribution < 1.29 is 9.18 Å². The summed E-state index contributed by atoms with van der Waals surface area (Å²) < 4.78 is 12.8. The Hall–Kier alpha value is -1.42. The van der Waals surface area contributed by atoms with Gasteiger partial charge < -0.3 is 0 Å². The lowest BCUT2D eigenvalue weighted by atomic mass is 10.1. The van der Waals surface area contributed by atoms with E-state index in [1.165, 1.54) is 12.1 Å². The van der Waals surface area contributed by atoms with Gasteiger partial charge in [-0.15, -0.1) is 0 Å². The standard InChI is InChI=1S/C16H14Cl2FNO/c1-20(9-11-2-5-13(19)6-3-11)10-16(21)14-7-4-12(17)8-15(14)18/h2-8H,9-10H2,1H3. The van der Waals surface area contributed by atoms with E-state index in [1.54, 1.807) is 30.3 Å². The van der Waals surface area contributed by atoms with Crippen molar-refractivity contribution in [3.8, 4) is 0 Å². The van der Waals surface area contributed by atoms with Crippen LogP contribution in [0, 0.1) is 5.82 Å². The van der Waals surface area contributed by atoms with E-state index in [4.69, 9.17) is 23.2 Å². The summed E-state index contributed by atoms with van der Waals surface area (Å²) >= 11 is 11.8. The predicted molar refractivity (Wildman–Crippen MR) is 83.5 cm³/mol. The molecular formula is C16H14Cl2FNO. The number of halogens is 3. The van der Waals surface area contributed by atoms with Crippen molar-refractivity contribution >= 4 is 29.0 Å². The highest BCUT2D eigenvalue weighted by molar-refractivity contribution is 6.36. The predicted octanol–water partition coefficient (Wildman–Crippen LogP) is 4.45. The van der Waals surface area contributed by atoms with Crippen molar-refractivity contribution in [1.29, 1.82) is 0 Å². The lowest BCUT2D eigenvalue weighted by molar-refractivity contribution is 0.0943. The van der Waals surface area contributed by atoms with Gasteiger partial charge in [0.15, 0.2) is 5.78 Å². The Morgan fingerprint density at radius 3 is 2.43 bits per heavy atom. The Balaban J connectivity index is 2.00. The zero-order chi connectivity index (χ0) is 15.4. The quantitative estimate of drug-likeness (QED) is 0.757. The third-order valence-electron chi connectivity index (χ3n) is 3.01. The molecule has 2 aromatic carbocycles. The number of rotatable bonds is 5. The van der Waals surface area contributed by atoms with Crippen LogP contribution in [0.25, 0.3) is 0 Å². The number of hydrogen-bond acceptors (Lipinski definition) is 2. The van der Waals surface area contributed by atoms with Crippen LogP contribution in [0.1, 0.15) is 15.9 Å². The van der Waals surface area contributed by atoms with Crippen LogP contribution in [0.2, 0.25) is 10.0 Å². The van der Waals surface area contributed by atoms with E-state index in [2.05, 4.69) is 0 Å². The van der Waals surface area contributed by atoms with Crippen molar-refractivity contribution in [2.24, 2.45) is 0 Å². The molecule has 21 heavy (non-hydrogen) atoms. The molecule has 0 N–H and O–H groups in total. The molecule has 0 unspecified atom stereocenters. The summed E-state index contributed by atoms with van der Waals surface area (Å²) in [4.78, 5) is 14.1. The van der Waals surface area contributed by atoms with Crippen molar-refractivity contribution in [1.82, 2.24) is 4.90 Å². The lowest BCUT2D eigenvalue weighted by Gasteiger charge is -2.16. The largest absolute Gasteiger partial charge is 0.295 e. The molecule has 2 rings (SSSR count). The first kappa shape index (κ1) is 16.0. The molecule has 0 aromatic heterocycles. The minimum Gasteiger partial charge on any atom is -0.295 e. The molecule has 0 fully saturated rings. The van der Waals surface area contributed by atoms with Crippen LogP contribution in [0.3, 0.4) is 0 Å². The van der Waals surface area contributed by atoms with Gasteiger partial charge in [0, 0.05) is 17.1 Å². The molecule has 0 aliphatic rings. The molecule has 110 valence electrons. The van der Waals surface area contributed by atoms with Crippen molar-refractivity contribution in [3.05, 3.63) is 69.5 Å². The molecule has 2 aromatic rings. The summed E-state index contributed by atoms with van der Waals surface area (Å²) in [5.41, 5.74) is 1.39. The van der Waals surface area contributed by atoms with Crippen LogP contribution < -0.4 is 0 Å². The van der Waals surface area contributed by atoms with E-state index in [0.29, 0.717) is 22.2 Å². The Bertz CT molecular complexity index is 643. The second-order valence-electron chi connectivity index (χ2n) is 4.85. The van der Waals surface area contributed by atoms with E-state index in [9.17, 15) is 9.18 Å². The van der Waals surface area contributed by atoms with E-state index in [-0.39, 0.29) is 18.1 Å². The molecule has 2 nitrogen and oxygen atoms in total. The third kappa shape index (κ3) is 4.53. The molecule has 5 heteroatoms. The maximum Gasteiger partial charge on any atom is 0.178 e. The number of nitrogens with zero attached hydrogens (tertiary/aromatic N) is 1. The van der Waals surface area contributed by atoms with Gasteiger partial charge in [0.05, 0.1) is 11.6 Å². The molecule has 0 heterocycles. The van der Waals surface area contributed by atoms with Crippen LogP contribution >= 0.6 is 23.2 Å². The smallest absolute Gasteiger partial charge is 0.178 e. The molecule has 0 radical (unpaired) electrons. The summed E-state index contributed by atoms with van der Waals surface area (Å²) in [6.45, 7) is 0.774. The molecule has 0 atom stereocenters. The summed E-state index contributed by atoms with van der Waals surface area (Å²) in [7, 11) is 1.82. The van der Waals surface area contributed by atoms with Crippen molar-refractivity contribution in [2.45, 2.75) is 6.54 Å². The monoisotopic (exact) mass is 325 g/mol. The Labute approximate surface area is 133 Å². The van der Waals surface area contributed by atoms with Gasteiger partial charge in [-0.2, -0.15) is 0 Å². The van der Waals surface area contributed by atoms with E-state index >= 15 is 0 Å². The minimum atomic E-state index is -0.273. The van der Waals surface area contributed by atoms with Gasteiger partial charge in [0.2, 0.25) is 0 Å². The first-order valence-corrected chi connectivity index (χ1v) is 7.12. The number of Topliss-reactive ketones (excluding diaryl/α,β-unsaturated/α-hetero) is 1. The topological polar surface area (TPSA) is 20.3 Å². The first-order valence-electron chi connectivity index (χ1n) is 6.37. The second-order valence-corrected chi connectivity index (χ2v) is 5.69. The maximum absolute atomic E-state index is 12.8. The summed E-state index contributed by atoms with van der Waals surface area (Å²) in [6, 6.07) is 11.0. The average molecular weight is 326 g/mol. The zero-order valence-electron chi connectivity index (χ0n) is 11.4. The molecule has 0 saturated carbocycles. The first-order chi connectivity index (χ1) is 9.95. The second kappa shape index (κ2) is 7.03. The van der Waals surface area contributed by atoms with Gasteiger partial charge in [0.25, 0.3) is 0 Å². The Morgan fingerprint density at radius 1 is 1.14 bits per heavy atom. The van der Waals surface area contributed by atoms with Crippen molar-refractivity contribution in [3.63, 3.8) is 0 Å². The number of hydrogen-bond donors (Lipinski definition) is 0. The minimum absolute atomic E-state index is 0.0821. The number of carbonyl (C=O) groups excluding carboxylic acids is 1. The van der Waals surface area contributed by atoms with Gasteiger partial charge in [-0.1, -0.05) is 35.3 Å². The van der Waals surface area contributed by atoms with E-state index in [0.717, 1.165) is 5.56 Å². The van der Waals surface area contributed by atoms with Crippen LogP contribution in [0.15, 0.2) is 42.5 Å². The van der Waals surface area contributed by atoms with Crippen LogP contribution in [-0.2, 0) is 6.54 Å². The van der Waals surface area contributed by atoms with Crippen molar-refractivity contribution in [2.75, 3.05) is 13.6 Å². The van der Waals surface area contributed by atoms with Gasteiger partial charge in [-0.05, 0) is 42.9 Å². The van der Waals surface area contributed by atoms with Gasteiger partial charge in [0.1, 0.15) is 5.82 Å². The highest BCUT2D eigenvalue weighted by Crippen LogP contribution is 2.21. The average Bonchev–Trinajstić information content (AvgIpc) is 2.41. The highest BCUT2D eigenvalue weighted by Gasteiger charge is 2.13. The highest BCUT2D eigenvalue weighted by atomic mass is 35.5. The maximum atomic E-state index is 12.8. The third-order valence-corrected chi connectivity index (χ3v) is 3.56. The fourth-order valence-corrected chi connectivity index (χ4v) is 2.52. The fraction of sp³-hybridized carbons (Fsp3) is 0.188. The Kier molecular flexibility index (Phi) is 5.34. The summed E-state index contributed by atoms with van der Waals surface area (Å²) in [5, 5.41) is 0.846. The molecule has 0 aliphatic carbocycles.